The van der Waals surface area contributed by atoms with E-state index in [2.05, 4.69) is 95.2 Å². The van der Waals surface area contributed by atoms with E-state index in [9.17, 15) is 0 Å². The van der Waals surface area contributed by atoms with E-state index in [1.807, 2.05) is 23.1 Å². The Morgan fingerprint density at radius 2 is 1.73 bits per heavy atom. The van der Waals surface area contributed by atoms with Crippen molar-refractivity contribution in [2.24, 2.45) is 0 Å². The molecule has 0 aliphatic heterocycles. The first-order chi connectivity index (χ1) is 14.5. The van der Waals surface area contributed by atoms with Gasteiger partial charge in [-0.3, -0.25) is 4.98 Å². The van der Waals surface area contributed by atoms with Crippen molar-refractivity contribution in [2.75, 3.05) is 0 Å². The number of nitrogens with one attached hydrogen (secondary N) is 1. The van der Waals surface area contributed by atoms with E-state index < -0.39 is 0 Å². The number of thiophene rings is 1. The predicted octanol–water partition coefficient (Wildman–Crippen LogP) is 3.26. The van der Waals surface area contributed by atoms with Crippen LogP contribution in [0.3, 0.4) is 0 Å². The highest BCUT2D eigenvalue weighted by Crippen LogP contribution is 2.25. The van der Waals surface area contributed by atoms with Crippen LogP contribution in [0, 0.1) is 0 Å². The molecule has 3 heterocycles. The fourth-order valence-electron chi connectivity index (χ4n) is 3.71. The van der Waals surface area contributed by atoms with Gasteiger partial charge in [0, 0.05) is 23.5 Å². The molecule has 6 nitrogen and oxygen atoms in total. The Bertz CT molecular complexity index is 997. The number of hydrogen-bond acceptors (Lipinski definition) is 5. The lowest BCUT2D eigenvalue weighted by molar-refractivity contribution is -0.953. The molecule has 0 amide bonds. The van der Waals surface area contributed by atoms with Crippen molar-refractivity contribution in [3.63, 3.8) is 0 Å². The topological polar surface area (TPSA) is 60.9 Å². The largest absolute Gasteiger partial charge is 0.314 e. The zero-order valence-corrected chi connectivity index (χ0v) is 18.4. The van der Waals surface area contributed by atoms with E-state index in [-0.39, 0.29) is 11.6 Å². The van der Waals surface area contributed by atoms with E-state index >= 15 is 0 Å². The van der Waals surface area contributed by atoms with Crippen LogP contribution in [-0.4, -0.2) is 25.2 Å². The number of pyridine rings is 1. The number of quaternary nitrogens is 1. The molecule has 7 heteroatoms. The minimum Gasteiger partial charge on any atom is -0.314 e. The number of hydrogen-bond donors (Lipinski definition) is 1. The number of benzene rings is 1. The Labute approximate surface area is 181 Å². The van der Waals surface area contributed by atoms with Crippen molar-refractivity contribution >= 4 is 11.3 Å². The van der Waals surface area contributed by atoms with Crippen molar-refractivity contribution in [2.45, 2.75) is 45.4 Å². The van der Waals surface area contributed by atoms with E-state index in [1.165, 1.54) is 20.9 Å². The number of aromatic nitrogens is 5. The SMILES string of the molecule is CC(C)(C)n1nnnc1[C@@H](c1cccs1)[NH+](Cc1ccccc1)Cc1cccnc1. The Balaban J connectivity index is 1.80. The molecular formula is C23H27N6S+. The smallest absolute Gasteiger partial charge is 0.215 e. The highest BCUT2D eigenvalue weighted by Gasteiger charge is 2.35. The molecular weight excluding hydrogens is 392 g/mol. The first kappa shape index (κ1) is 20.4. The molecule has 0 fully saturated rings. The lowest BCUT2D eigenvalue weighted by Crippen LogP contribution is -3.10. The van der Waals surface area contributed by atoms with Crippen LogP contribution in [0.1, 0.15) is 48.6 Å². The standard InChI is InChI=1S/C23H26N6S/c1-23(2,3)29-22(25-26-27-29)21(20-12-8-14-30-20)28(16-18-9-5-4-6-10-18)17-19-11-7-13-24-15-19/h4-15,21H,16-17H2,1-3H3/p+1/t21-/m1/s1. The molecule has 0 radical (unpaired) electrons. The third-order valence-corrected chi connectivity index (χ3v) is 5.99. The maximum Gasteiger partial charge on any atom is 0.215 e. The van der Waals surface area contributed by atoms with E-state index in [0.29, 0.717) is 0 Å². The molecule has 1 unspecified atom stereocenters. The highest BCUT2D eigenvalue weighted by molar-refractivity contribution is 7.10. The summed E-state index contributed by atoms with van der Waals surface area (Å²) in [4.78, 5) is 6.94. The molecule has 1 aromatic carbocycles. The van der Waals surface area contributed by atoms with Crippen LogP contribution in [0.15, 0.2) is 72.4 Å². The molecule has 30 heavy (non-hydrogen) atoms. The molecule has 0 saturated carbocycles. The Morgan fingerprint density at radius 3 is 2.40 bits per heavy atom. The van der Waals surface area contributed by atoms with Gasteiger partial charge in [0.05, 0.1) is 10.4 Å². The molecule has 0 aliphatic carbocycles. The van der Waals surface area contributed by atoms with E-state index in [0.717, 1.165) is 18.9 Å². The molecule has 2 atom stereocenters. The zero-order valence-electron chi connectivity index (χ0n) is 17.6. The maximum atomic E-state index is 4.52. The van der Waals surface area contributed by atoms with Gasteiger partial charge in [0.15, 0.2) is 6.04 Å². The molecule has 0 spiro atoms. The predicted molar refractivity (Wildman–Crippen MR) is 118 cm³/mol. The molecule has 154 valence electrons. The van der Waals surface area contributed by atoms with Crippen LogP contribution < -0.4 is 4.90 Å². The second-order valence-electron chi connectivity index (χ2n) is 8.43. The molecule has 4 rings (SSSR count). The van der Waals surface area contributed by atoms with E-state index in [4.69, 9.17) is 0 Å². The van der Waals surface area contributed by atoms with Crippen LogP contribution in [0.4, 0.5) is 0 Å². The summed E-state index contributed by atoms with van der Waals surface area (Å²) in [5.74, 6) is 0.889. The summed E-state index contributed by atoms with van der Waals surface area (Å²) in [6.07, 6.45) is 3.76. The van der Waals surface area contributed by atoms with Gasteiger partial charge in [0.2, 0.25) is 5.82 Å². The summed E-state index contributed by atoms with van der Waals surface area (Å²) in [5.41, 5.74) is 2.27. The average molecular weight is 420 g/mol. The minimum atomic E-state index is -0.208. The highest BCUT2D eigenvalue weighted by atomic mass is 32.1. The first-order valence-corrected chi connectivity index (χ1v) is 11.0. The third kappa shape index (κ3) is 4.63. The number of nitrogens with zero attached hydrogens (tertiary/aromatic N) is 5. The molecule has 0 saturated heterocycles. The summed E-state index contributed by atoms with van der Waals surface area (Å²) in [6.45, 7) is 8.08. The summed E-state index contributed by atoms with van der Waals surface area (Å²) in [5, 5.41) is 15.0. The van der Waals surface area contributed by atoms with Crippen LogP contribution >= 0.6 is 11.3 Å². The van der Waals surface area contributed by atoms with Gasteiger partial charge in [-0.2, -0.15) is 0 Å². The minimum absolute atomic E-state index is 0.0136. The fourth-order valence-corrected chi connectivity index (χ4v) is 4.59. The van der Waals surface area contributed by atoms with Crippen molar-refractivity contribution in [1.82, 2.24) is 25.2 Å². The van der Waals surface area contributed by atoms with Gasteiger partial charge < -0.3 is 4.90 Å². The number of rotatable bonds is 7. The van der Waals surface area contributed by atoms with Crippen molar-refractivity contribution in [1.29, 1.82) is 0 Å². The van der Waals surface area contributed by atoms with Crippen LogP contribution in [0.5, 0.6) is 0 Å². The quantitative estimate of drug-likeness (QED) is 0.500. The van der Waals surface area contributed by atoms with Crippen molar-refractivity contribution in [3.8, 4) is 0 Å². The third-order valence-electron chi connectivity index (χ3n) is 5.05. The van der Waals surface area contributed by atoms with Gasteiger partial charge in [-0.25, -0.2) is 4.68 Å². The molecule has 0 aliphatic rings. The van der Waals surface area contributed by atoms with Crippen molar-refractivity contribution < 1.29 is 4.90 Å². The normalized spacial score (nSPS) is 13.8. The Hall–Kier alpha value is -2.90. The average Bonchev–Trinajstić information content (AvgIpc) is 3.42. The maximum absolute atomic E-state index is 4.52. The molecule has 3 aromatic heterocycles. The van der Waals surface area contributed by atoms with Crippen LogP contribution in [0.2, 0.25) is 0 Å². The molecule has 0 bridgehead atoms. The lowest BCUT2D eigenvalue weighted by atomic mass is 10.1. The van der Waals surface area contributed by atoms with E-state index in [1.54, 1.807) is 11.3 Å². The summed E-state index contributed by atoms with van der Waals surface area (Å²) >= 11 is 1.75. The first-order valence-electron chi connectivity index (χ1n) is 10.1. The fraction of sp³-hybridized carbons (Fsp3) is 0.304. The summed E-state index contributed by atoms with van der Waals surface area (Å²) in [6, 6.07) is 19.0. The van der Waals surface area contributed by atoms with Gasteiger partial charge in [0.1, 0.15) is 13.1 Å². The Morgan fingerprint density at radius 1 is 0.967 bits per heavy atom. The number of tetrazole rings is 1. The Kier molecular flexibility index (Phi) is 6.01. The summed E-state index contributed by atoms with van der Waals surface area (Å²) < 4.78 is 1.96. The second kappa shape index (κ2) is 8.85. The molecule has 1 N–H and O–H groups in total. The van der Waals surface area contributed by atoms with Gasteiger partial charge in [-0.15, -0.1) is 16.4 Å². The van der Waals surface area contributed by atoms with Crippen LogP contribution in [0.25, 0.3) is 0 Å². The van der Waals surface area contributed by atoms with Gasteiger partial charge in [-0.1, -0.05) is 42.5 Å². The monoisotopic (exact) mass is 419 g/mol. The van der Waals surface area contributed by atoms with Gasteiger partial charge >= 0.3 is 0 Å². The second-order valence-corrected chi connectivity index (χ2v) is 9.41. The van der Waals surface area contributed by atoms with Crippen LogP contribution in [-0.2, 0) is 18.6 Å². The van der Waals surface area contributed by atoms with Crippen molar-refractivity contribution in [3.05, 3.63) is 94.2 Å². The summed E-state index contributed by atoms with van der Waals surface area (Å²) in [7, 11) is 0. The lowest BCUT2D eigenvalue weighted by Gasteiger charge is -2.30. The van der Waals surface area contributed by atoms with Gasteiger partial charge in [-0.05, 0) is 48.7 Å². The molecule has 4 aromatic rings. The zero-order chi connectivity index (χ0) is 21.0. The van der Waals surface area contributed by atoms with Gasteiger partial charge in [0.25, 0.3) is 0 Å².